The number of rotatable bonds is 4. The van der Waals surface area contributed by atoms with Gasteiger partial charge in [0.1, 0.15) is 23.3 Å². The Bertz CT molecular complexity index is 1170. The van der Waals surface area contributed by atoms with Crippen LogP contribution in [-0.4, -0.2) is 29.5 Å². The minimum Gasteiger partial charge on any atom is -0.368 e. The first kappa shape index (κ1) is 17.7. The van der Waals surface area contributed by atoms with Gasteiger partial charge in [-0.25, -0.2) is 18.7 Å². The Hall–Kier alpha value is -3.69. The number of halogens is 2. The smallest absolute Gasteiger partial charge is 0.222 e. The number of hydrogen-bond acceptors (Lipinski definition) is 7. The van der Waals surface area contributed by atoms with Crippen LogP contribution in [0.4, 0.5) is 26.4 Å². The second-order valence-electron chi connectivity index (χ2n) is 6.34. The molecule has 28 heavy (non-hydrogen) atoms. The number of anilines is 3. The molecule has 10 heteroatoms. The van der Waals surface area contributed by atoms with Gasteiger partial charge in [0.15, 0.2) is 0 Å². The van der Waals surface area contributed by atoms with Crippen LogP contribution in [0.2, 0.25) is 0 Å². The van der Waals surface area contributed by atoms with Crippen LogP contribution in [0.5, 0.6) is 0 Å². The number of hydrogen-bond donors (Lipinski definition) is 2. The Morgan fingerprint density at radius 2 is 1.96 bits per heavy atom. The summed E-state index contributed by atoms with van der Waals surface area (Å²) in [5.41, 5.74) is 7.03. The van der Waals surface area contributed by atoms with Gasteiger partial charge in [0.25, 0.3) is 0 Å². The standard InChI is InChI=1S/C18H16F2N8/c1-9(16-12(20)3-10(19)4-23-16)11-5-22-6-13-15(11)17(27-18(21)25-13)26-14-7-28(2)8-24-14/h3-9H,1-2H3,(H3,21,25,26,27)/t9-/m0/s1. The fourth-order valence-corrected chi connectivity index (χ4v) is 3.04. The predicted octanol–water partition coefficient (Wildman–Crippen LogP) is 2.91. The Morgan fingerprint density at radius 3 is 2.68 bits per heavy atom. The molecule has 0 radical (unpaired) electrons. The number of nitrogens with zero attached hydrogens (tertiary/aromatic N) is 6. The molecule has 0 aromatic carbocycles. The van der Waals surface area contributed by atoms with Crippen molar-refractivity contribution >= 4 is 28.5 Å². The maximum atomic E-state index is 14.3. The largest absolute Gasteiger partial charge is 0.368 e. The van der Waals surface area contributed by atoms with E-state index in [-0.39, 0.29) is 11.6 Å². The normalized spacial score (nSPS) is 12.3. The molecule has 4 aromatic heterocycles. The highest BCUT2D eigenvalue weighted by molar-refractivity contribution is 5.94. The Labute approximate surface area is 158 Å². The van der Waals surface area contributed by atoms with Gasteiger partial charge in [0.2, 0.25) is 5.95 Å². The van der Waals surface area contributed by atoms with E-state index in [0.717, 1.165) is 12.3 Å². The highest BCUT2D eigenvalue weighted by Crippen LogP contribution is 2.34. The van der Waals surface area contributed by atoms with Gasteiger partial charge >= 0.3 is 0 Å². The van der Waals surface area contributed by atoms with Crippen molar-refractivity contribution in [3.8, 4) is 0 Å². The van der Waals surface area contributed by atoms with E-state index in [0.29, 0.717) is 28.1 Å². The zero-order valence-corrected chi connectivity index (χ0v) is 15.1. The van der Waals surface area contributed by atoms with Crippen molar-refractivity contribution in [3.63, 3.8) is 0 Å². The van der Waals surface area contributed by atoms with E-state index in [1.54, 1.807) is 36.4 Å². The minimum absolute atomic E-state index is 0.0589. The van der Waals surface area contributed by atoms with Crippen molar-refractivity contribution in [2.24, 2.45) is 7.05 Å². The van der Waals surface area contributed by atoms with Gasteiger partial charge in [-0.2, -0.15) is 4.98 Å². The van der Waals surface area contributed by atoms with Gasteiger partial charge in [0, 0.05) is 31.4 Å². The highest BCUT2D eigenvalue weighted by Gasteiger charge is 2.21. The number of nitrogens with one attached hydrogen (secondary N) is 1. The third kappa shape index (κ3) is 3.20. The van der Waals surface area contributed by atoms with Gasteiger partial charge in [-0.15, -0.1) is 0 Å². The summed E-state index contributed by atoms with van der Waals surface area (Å²) >= 11 is 0. The molecule has 0 spiro atoms. The van der Waals surface area contributed by atoms with E-state index in [2.05, 4.69) is 30.2 Å². The zero-order valence-electron chi connectivity index (χ0n) is 15.1. The predicted molar refractivity (Wildman–Crippen MR) is 99.9 cm³/mol. The van der Waals surface area contributed by atoms with E-state index < -0.39 is 17.6 Å². The average molecular weight is 382 g/mol. The molecule has 0 fully saturated rings. The number of nitrogen functional groups attached to an aromatic ring is 1. The second-order valence-corrected chi connectivity index (χ2v) is 6.34. The molecule has 4 aromatic rings. The van der Waals surface area contributed by atoms with Crippen LogP contribution in [0.1, 0.15) is 24.1 Å². The number of imidazole rings is 1. The molecule has 0 bridgehead atoms. The quantitative estimate of drug-likeness (QED) is 0.559. The van der Waals surface area contributed by atoms with Gasteiger partial charge in [0.05, 0.1) is 35.3 Å². The third-order valence-electron chi connectivity index (χ3n) is 4.32. The van der Waals surface area contributed by atoms with E-state index in [1.807, 2.05) is 7.05 Å². The Morgan fingerprint density at radius 1 is 1.14 bits per heavy atom. The van der Waals surface area contributed by atoms with Gasteiger partial charge in [-0.05, 0) is 5.56 Å². The van der Waals surface area contributed by atoms with Crippen molar-refractivity contribution < 1.29 is 8.78 Å². The lowest BCUT2D eigenvalue weighted by molar-refractivity contribution is 0.552. The fourth-order valence-electron chi connectivity index (χ4n) is 3.04. The summed E-state index contributed by atoms with van der Waals surface area (Å²) < 4.78 is 29.3. The van der Waals surface area contributed by atoms with Crippen molar-refractivity contribution in [2.75, 3.05) is 11.1 Å². The van der Waals surface area contributed by atoms with Crippen LogP contribution in [-0.2, 0) is 7.05 Å². The summed E-state index contributed by atoms with van der Waals surface area (Å²) in [7, 11) is 1.84. The number of aryl methyl sites for hydroxylation is 1. The molecule has 0 amide bonds. The number of aromatic nitrogens is 6. The molecule has 0 aliphatic carbocycles. The first-order chi connectivity index (χ1) is 13.4. The molecule has 0 aliphatic rings. The molecular formula is C18H16F2N8. The molecule has 8 nitrogen and oxygen atoms in total. The molecule has 0 saturated carbocycles. The zero-order chi connectivity index (χ0) is 19.8. The lowest BCUT2D eigenvalue weighted by atomic mass is 9.95. The van der Waals surface area contributed by atoms with E-state index in [4.69, 9.17) is 5.73 Å². The lowest BCUT2D eigenvalue weighted by Gasteiger charge is -2.16. The maximum absolute atomic E-state index is 14.3. The molecule has 142 valence electrons. The first-order valence-corrected chi connectivity index (χ1v) is 8.39. The summed E-state index contributed by atoms with van der Waals surface area (Å²) in [4.78, 5) is 20.8. The molecular weight excluding hydrogens is 366 g/mol. The molecule has 0 unspecified atom stereocenters. The van der Waals surface area contributed by atoms with Gasteiger partial charge in [-0.1, -0.05) is 6.92 Å². The number of pyridine rings is 2. The van der Waals surface area contributed by atoms with E-state index in [9.17, 15) is 8.78 Å². The van der Waals surface area contributed by atoms with Crippen LogP contribution < -0.4 is 11.1 Å². The molecule has 0 saturated heterocycles. The van der Waals surface area contributed by atoms with Gasteiger partial charge < -0.3 is 15.6 Å². The van der Waals surface area contributed by atoms with Crippen molar-refractivity contribution in [1.29, 1.82) is 0 Å². The monoisotopic (exact) mass is 382 g/mol. The van der Waals surface area contributed by atoms with Crippen LogP contribution in [0, 0.1) is 11.6 Å². The van der Waals surface area contributed by atoms with Crippen LogP contribution >= 0.6 is 0 Å². The van der Waals surface area contributed by atoms with Crippen LogP contribution in [0.15, 0.2) is 37.2 Å². The fraction of sp³-hybridized carbons (Fsp3) is 0.167. The maximum Gasteiger partial charge on any atom is 0.222 e. The van der Waals surface area contributed by atoms with Gasteiger partial charge in [-0.3, -0.25) is 9.97 Å². The summed E-state index contributed by atoms with van der Waals surface area (Å²) in [5, 5.41) is 3.72. The average Bonchev–Trinajstić information content (AvgIpc) is 3.05. The summed E-state index contributed by atoms with van der Waals surface area (Å²) in [5.74, 6) is -0.980. The van der Waals surface area contributed by atoms with E-state index >= 15 is 0 Å². The SMILES string of the molecule is C[C@H](c1ncc(F)cc1F)c1cncc2nc(N)nc(Nc3cn(C)cn3)c12. The number of fused-ring (bicyclic) bond motifs is 1. The molecule has 3 N–H and O–H groups in total. The van der Waals surface area contributed by atoms with Crippen molar-refractivity contribution in [3.05, 3.63) is 60.1 Å². The summed E-state index contributed by atoms with van der Waals surface area (Å²) in [6.45, 7) is 1.75. The lowest BCUT2D eigenvalue weighted by Crippen LogP contribution is -2.08. The topological polar surface area (TPSA) is 107 Å². The van der Waals surface area contributed by atoms with Crippen molar-refractivity contribution in [1.82, 2.24) is 29.5 Å². The molecule has 4 heterocycles. The highest BCUT2D eigenvalue weighted by atomic mass is 19.1. The van der Waals surface area contributed by atoms with Crippen LogP contribution in [0.3, 0.4) is 0 Å². The second kappa shape index (κ2) is 6.80. The number of nitrogens with two attached hydrogens (primary N) is 1. The van der Waals surface area contributed by atoms with E-state index in [1.165, 1.54) is 0 Å². The summed E-state index contributed by atoms with van der Waals surface area (Å²) in [6.07, 6.45) is 7.52. The Kier molecular flexibility index (Phi) is 4.30. The Balaban J connectivity index is 1.88. The minimum atomic E-state index is -0.738. The molecule has 4 rings (SSSR count). The first-order valence-electron chi connectivity index (χ1n) is 8.39. The van der Waals surface area contributed by atoms with Crippen LogP contribution in [0.25, 0.3) is 10.9 Å². The van der Waals surface area contributed by atoms with Crippen molar-refractivity contribution in [2.45, 2.75) is 12.8 Å². The third-order valence-corrected chi connectivity index (χ3v) is 4.32. The summed E-state index contributed by atoms with van der Waals surface area (Å²) in [6, 6.07) is 0.804. The molecule has 0 aliphatic heterocycles. The molecule has 1 atom stereocenters.